The average molecular weight is 489 g/mol. The number of carbonyl (C=O) groups is 2. The number of carbonyl (C=O) groups excluding carboxylic acids is 2. The standard InChI is InChI=1S/C27H25ClN4O3/c28-20-11-12-21-22(13-14-29-23(21)17-20)30-15-16-31-27(35)25(33)24(18-7-3-1-4-8-18)32-26(34)19-9-5-2-6-10-19/h1-14,17,24-25,33H,15-16H2,(H,29,30)(H,31,35)(H,32,34)/t24-,25+/m0/s1. The molecule has 0 aliphatic rings. The number of aliphatic hydroxyl groups is 1. The Hall–Kier alpha value is -3.94. The fourth-order valence-corrected chi connectivity index (χ4v) is 3.90. The van der Waals surface area contributed by atoms with Gasteiger partial charge in [0, 0.05) is 40.9 Å². The molecule has 2 amide bonds. The molecule has 8 heteroatoms. The van der Waals surface area contributed by atoms with E-state index < -0.39 is 18.1 Å². The van der Waals surface area contributed by atoms with Gasteiger partial charge in [0.05, 0.1) is 11.6 Å². The molecule has 0 saturated heterocycles. The Morgan fingerprint density at radius 3 is 2.37 bits per heavy atom. The number of fused-ring (bicyclic) bond motifs is 1. The average Bonchev–Trinajstić information content (AvgIpc) is 2.90. The molecule has 7 nitrogen and oxygen atoms in total. The van der Waals surface area contributed by atoms with Gasteiger partial charge in [0.15, 0.2) is 6.10 Å². The van der Waals surface area contributed by atoms with Crippen LogP contribution in [0.4, 0.5) is 5.69 Å². The van der Waals surface area contributed by atoms with Gasteiger partial charge in [-0.1, -0.05) is 60.1 Å². The Labute approximate surface area is 208 Å². The van der Waals surface area contributed by atoms with Gasteiger partial charge >= 0.3 is 0 Å². The molecular formula is C27H25ClN4O3. The summed E-state index contributed by atoms with van der Waals surface area (Å²) in [7, 11) is 0. The van der Waals surface area contributed by atoms with Gasteiger partial charge in [-0.2, -0.15) is 0 Å². The van der Waals surface area contributed by atoms with Gasteiger partial charge in [-0.05, 0) is 42.0 Å². The Balaban J connectivity index is 1.38. The van der Waals surface area contributed by atoms with Crippen LogP contribution in [-0.4, -0.2) is 41.1 Å². The number of pyridine rings is 1. The Morgan fingerprint density at radius 2 is 1.63 bits per heavy atom. The molecule has 0 bridgehead atoms. The number of hydrogen-bond acceptors (Lipinski definition) is 5. The summed E-state index contributed by atoms with van der Waals surface area (Å²) in [5, 5.41) is 21.2. The zero-order chi connectivity index (χ0) is 24.6. The van der Waals surface area contributed by atoms with Crippen molar-refractivity contribution in [2.45, 2.75) is 12.1 Å². The molecule has 35 heavy (non-hydrogen) atoms. The highest BCUT2D eigenvalue weighted by molar-refractivity contribution is 6.31. The molecule has 4 rings (SSSR count). The molecule has 1 heterocycles. The summed E-state index contributed by atoms with van der Waals surface area (Å²) in [5.74, 6) is -0.960. The number of benzene rings is 3. The number of aromatic nitrogens is 1. The van der Waals surface area contributed by atoms with Gasteiger partial charge in [-0.15, -0.1) is 0 Å². The van der Waals surface area contributed by atoms with Crippen LogP contribution in [0.5, 0.6) is 0 Å². The van der Waals surface area contributed by atoms with Crippen LogP contribution < -0.4 is 16.0 Å². The summed E-state index contributed by atoms with van der Waals surface area (Å²) in [6.07, 6.45) is 0.206. The fourth-order valence-electron chi connectivity index (χ4n) is 3.73. The summed E-state index contributed by atoms with van der Waals surface area (Å²) >= 11 is 6.04. The SMILES string of the molecule is O=C(N[C@@H](c1ccccc1)[C@@H](O)C(=O)NCCNc1ccnc2cc(Cl)ccc12)c1ccccc1. The van der Waals surface area contributed by atoms with Crippen molar-refractivity contribution in [2.24, 2.45) is 0 Å². The second-order valence-corrected chi connectivity index (χ2v) is 8.35. The topological polar surface area (TPSA) is 103 Å². The van der Waals surface area contributed by atoms with E-state index in [1.165, 1.54) is 0 Å². The summed E-state index contributed by atoms with van der Waals surface area (Å²) in [6, 6.07) is 24.0. The van der Waals surface area contributed by atoms with E-state index in [1.807, 2.05) is 24.3 Å². The van der Waals surface area contributed by atoms with E-state index in [0.29, 0.717) is 22.7 Å². The molecule has 2 atom stereocenters. The molecule has 0 spiro atoms. The summed E-state index contributed by atoms with van der Waals surface area (Å²) in [6.45, 7) is 0.689. The van der Waals surface area contributed by atoms with Crippen LogP contribution in [0.25, 0.3) is 10.9 Å². The van der Waals surface area contributed by atoms with Gasteiger partial charge in [-0.25, -0.2) is 0 Å². The fraction of sp³-hybridized carbons (Fsp3) is 0.148. The highest BCUT2D eigenvalue weighted by atomic mass is 35.5. The van der Waals surface area contributed by atoms with Crippen molar-refractivity contribution in [3.8, 4) is 0 Å². The molecular weight excluding hydrogens is 464 g/mol. The van der Waals surface area contributed by atoms with Crippen LogP contribution >= 0.6 is 11.6 Å². The van der Waals surface area contributed by atoms with Gasteiger partial charge in [0.1, 0.15) is 0 Å². The third-order valence-corrected chi connectivity index (χ3v) is 5.75. The lowest BCUT2D eigenvalue weighted by molar-refractivity contribution is -0.130. The molecule has 0 saturated carbocycles. The van der Waals surface area contributed by atoms with Crippen LogP contribution in [0.3, 0.4) is 0 Å². The number of nitrogens with zero attached hydrogens (tertiary/aromatic N) is 1. The molecule has 178 valence electrons. The normalized spacial score (nSPS) is 12.5. The smallest absolute Gasteiger partial charge is 0.251 e. The van der Waals surface area contributed by atoms with Crippen LogP contribution in [0.1, 0.15) is 22.0 Å². The predicted octanol–water partition coefficient (Wildman–Crippen LogP) is 3.95. The van der Waals surface area contributed by atoms with E-state index in [-0.39, 0.29) is 12.5 Å². The molecule has 4 N–H and O–H groups in total. The Bertz CT molecular complexity index is 1300. The Morgan fingerprint density at radius 1 is 0.914 bits per heavy atom. The van der Waals surface area contributed by atoms with Gasteiger partial charge in [0.25, 0.3) is 11.8 Å². The van der Waals surface area contributed by atoms with E-state index in [1.54, 1.807) is 66.9 Å². The number of nitrogens with one attached hydrogen (secondary N) is 3. The summed E-state index contributed by atoms with van der Waals surface area (Å²) in [4.78, 5) is 29.8. The molecule has 3 aromatic carbocycles. The first-order chi connectivity index (χ1) is 17.0. The lowest BCUT2D eigenvalue weighted by Crippen LogP contribution is -2.46. The number of halogens is 1. The van der Waals surface area contributed by atoms with E-state index in [2.05, 4.69) is 20.9 Å². The lowest BCUT2D eigenvalue weighted by Gasteiger charge is -2.24. The van der Waals surface area contributed by atoms with Gasteiger partial charge in [-0.3, -0.25) is 14.6 Å². The lowest BCUT2D eigenvalue weighted by atomic mass is 10.00. The monoisotopic (exact) mass is 488 g/mol. The number of amides is 2. The van der Waals surface area contributed by atoms with E-state index in [0.717, 1.165) is 16.6 Å². The van der Waals surface area contributed by atoms with Crippen LogP contribution in [-0.2, 0) is 4.79 Å². The van der Waals surface area contributed by atoms with E-state index in [9.17, 15) is 14.7 Å². The molecule has 1 aromatic heterocycles. The first kappa shape index (κ1) is 24.2. The summed E-state index contributed by atoms with van der Waals surface area (Å²) in [5.41, 5.74) is 2.69. The van der Waals surface area contributed by atoms with E-state index >= 15 is 0 Å². The second-order valence-electron chi connectivity index (χ2n) is 7.91. The molecule has 0 unspecified atom stereocenters. The summed E-state index contributed by atoms with van der Waals surface area (Å²) < 4.78 is 0. The van der Waals surface area contributed by atoms with Crippen LogP contribution in [0.2, 0.25) is 5.02 Å². The van der Waals surface area contributed by atoms with E-state index in [4.69, 9.17) is 11.6 Å². The maximum atomic E-state index is 12.8. The molecule has 0 fully saturated rings. The maximum Gasteiger partial charge on any atom is 0.251 e. The zero-order valence-corrected chi connectivity index (χ0v) is 19.6. The van der Waals surface area contributed by atoms with Crippen LogP contribution in [0.15, 0.2) is 91.1 Å². The third kappa shape index (κ3) is 6.15. The molecule has 4 aromatic rings. The number of aliphatic hydroxyl groups excluding tert-OH is 1. The van der Waals surface area contributed by atoms with Crippen molar-refractivity contribution < 1.29 is 14.7 Å². The highest BCUT2D eigenvalue weighted by Gasteiger charge is 2.29. The van der Waals surface area contributed by atoms with Gasteiger partial charge in [0.2, 0.25) is 0 Å². The minimum atomic E-state index is -1.48. The maximum absolute atomic E-state index is 12.8. The van der Waals surface area contributed by atoms with Crippen molar-refractivity contribution >= 4 is 40.0 Å². The van der Waals surface area contributed by atoms with Crippen molar-refractivity contribution in [3.63, 3.8) is 0 Å². The largest absolute Gasteiger partial charge is 0.383 e. The van der Waals surface area contributed by atoms with Crippen molar-refractivity contribution in [1.82, 2.24) is 15.6 Å². The minimum Gasteiger partial charge on any atom is -0.383 e. The van der Waals surface area contributed by atoms with Crippen molar-refractivity contribution in [1.29, 1.82) is 0 Å². The Kier molecular flexibility index (Phi) is 7.92. The quantitative estimate of drug-likeness (QED) is 0.267. The molecule has 0 aliphatic heterocycles. The first-order valence-corrected chi connectivity index (χ1v) is 11.6. The van der Waals surface area contributed by atoms with Crippen molar-refractivity contribution in [2.75, 3.05) is 18.4 Å². The van der Waals surface area contributed by atoms with Crippen molar-refractivity contribution in [3.05, 3.63) is 107 Å². The molecule has 0 radical (unpaired) electrons. The first-order valence-electron chi connectivity index (χ1n) is 11.2. The predicted molar refractivity (Wildman–Crippen MR) is 137 cm³/mol. The van der Waals surface area contributed by atoms with Crippen LogP contribution in [0, 0.1) is 0 Å². The minimum absolute atomic E-state index is 0.265. The number of anilines is 1. The zero-order valence-electron chi connectivity index (χ0n) is 18.8. The highest BCUT2D eigenvalue weighted by Crippen LogP contribution is 2.24. The second kappa shape index (κ2) is 11.5. The number of rotatable bonds is 9. The molecule has 0 aliphatic carbocycles. The number of hydrogen-bond donors (Lipinski definition) is 4. The van der Waals surface area contributed by atoms with Gasteiger partial charge < -0.3 is 21.1 Å². The third-order valence-electron chi connectivity index (χ3n) is 5.51.